The first-order chi connectivity index (χ1) is 16.4. The van der Waals surface area contributed by atoms with E-state index >= 15 is 0 Å². The van der Waals surface area contributed by atoms with Gasteiger partial charge in [0.25, 0.3) is 5.91 Å². The number of carbonyl (C=O) groups excluding carboxylic acids is 1. The van der Waals surface area contributed by atoms with Crippen LogP contribution in [0.4, 0.5) is 5.13 Å². The summed E-state index contributed by atoms with van der Waals surface area (Å²) in [5.74, 6) is -1.11. The summed E-state index contributed by atoms with van der Waals surface area (Å²) >= 11 is 7.58. The number of fused-ring (bicyclic) bond motifs is 1. The van der Waals surface area contributed by atoms with Crippen LogP contribution < -0.4 is 15.5 Å². The number of aliphatic imine (C=N–C) groups is 1. The van der Waals surface area contributed by atoms with E-state index in [0.29, 0.717) is 40.6 Å². The number of aromatic carboxylic acids is 1. The number of amides is 1. The van der Waals surface area contributed by atoms with Crippen molar-refractivity contribution >= 4 is 55.9 Å². The SMILES string of the molecule is CCCCN[C@@H]1CN(c2nc3cccc(C(=O)O)c3s2)CC[C@H]1NC(=O)C1=NC(Cl)=C(CC)C1. The Labute approximate surface area is 208 Å². The van der Waals surface area contributed by atoms with Crippen LogP contribution in [0.5, 0.6) is 0 Å². The van der Waals surface area contributed by atoms with Crippen LogP contribution in [0.25, 0.3) is 10.2 Å². The summed E-state index contributed by atoms with van der Waals surface area (Å²) in [6.45, 7) is 6.40. The van der Waals surface area contributed by atoms with Gasteiger partial charge in [-0.05, 0) is 43.5 Å². The Bertz CT molecular complexity index is 1140. The molecule has 2 aliphatic rings. The fraction of sp³-hybridized carbons (Fsp3) is 0.500. The second-order valence-corrected chi connectivity index (χ2v) is 10.0. The van der Waals surface area contributed by atoms with Crippen molar-refractivity contribution < 1.29 is 14.7 Å². The van der Waals surface area contributed by atoms with Crippen molar-refractivity contribution in [2.45, 2.75) is 58.0 Å². The summed E-state index contributed by atoms with van der Waals surface area (Å²) in [4.78, 5) is 35.7. The highest BCUT2D eigenvalue weighted by molar-refractivity contribution is 7.22. The van der Waals surface area contributed by atoms with Gasteiger partial charge in [0.15, 0.2) is 5.13 Å². The first-order valence-corrected chi connectivity index (χ1v) is 13.0. The average molecular weight is 504 g/mol. The highest BCUT2D eigenvalue weighted by Gasteiger charge is 2.33. The molecule has 0 aliphatic carbocycles. The minimum atomic E-state index is -0.947. The maximum Gasteiger partial charge on any atom is 0.337 e. The molecule has 4 rings (SSSR count). The molecule has 2 aromatic rings. The third kappa shape index (κ3) is 5.26. The number of anilines is 1. The molecule has 1 saturated heterocycles. The van der Waals surface area contributed by atoms with Gasteiger partial charge in [-0.15, -0.1) is 0 Å². The fourth-order valence-electron chi connectivity index (χ4n) is 4.38. The summed E-state index contributed by atoms with van der Waals surface area (Å²) in [6.07, 6.45) is 4.16. The monoisotopic (exact) mass is 503 g/mol. The molecular formula is C24H30ClN5O3S. The highest BCUT2D eigenvalue weighted by atomic mass is 35.5. The van der Waals surface area contributed by atoms with E-state index in [1.165, 1.54) is 11.3 Å². The second kappa shape index (κ2) is 10.8. The van der Waals surface area contributed by atoms with Gasteiger partial charge in [0.2, 0.25) is 0 Å². The van der Waals surface area contributed by atoms with Gasteiger partial charge in [-0.25, -0.2) is 14.8 Å². The molecule has 0 saturated carbocycles. The van der Waals surface area contributed by atoms with Crippen LogP contribution in [0.15, 0.2) is 33.9 Å². The molecule has 182 valence electrons. The van der Waals surface area contributed by atoms with Crippen molar-refractivity contribution in [3.63, 3.8) is 0 Å². The van der Waals surface area contributed by atoms with E-state index in [4.69, 9.17) is 16.6 Å². The second-order valence-electron chi connectivity index (χ2n) is 8.67. The van der Waals surface area contributed by atoms with Crippen LogP contribution in [0.3, 0.4) is 0 Å². The lowest BCUT2D eigenvalue weighted by Crippen LogP contribution is -2.60. The van der Waals surface area contributed by atoms with Crippen molar-refractivity contribution in [3.05, 3.63) is 34.5 Å². The topological polar surface area (TPSA) is 107 Å². The molecule has 10 heteroatoms. The average Bonchev–Trinajstić information content (AvgIpc) is 3.43. The van der Waals surface area contributed by atoms with Crippen molar-refractivity contribution in [1.29, 1.82) is 0 Å². The molecule has 3 N–H and O–H groups in total. The predicted octanol–water partition coefficient (Wildman–Crippen LogP) is 4.15. The van der Waals surface area contributed by atoms with Gasteiger partial charge < -0.3 is 20.6 Å². The summed E-state index contributed by atoms with van der Waals surface area (Å²) in [5.41, 5.74) is 2.44. The number of thiazole rings is 1. The number of aromatic nitrogens is 1. The standard InChI is InChI=1S/C24H30ClN5O3S/c1-3-5-10-26-19-13-30(24-29-17-8-6-7-15(23(32)33)20(17)34-24)11-9-16(19)28-22(31)18-12-14(4-2)21(25)27-18/h6-8,16,19,26H,3-5,9-13H2,1-2H3,(H,28,31)(H,32,33)/t16-,19-/m1/s1. The van der Waals surface area contributed by atoms with Crippen LogP contribution in [-0.4, -0.2) is 59.4 Å². The zero-order valence-electron chi connectivity index (χ0n) is 19.4. The Hall–Kier alpha value is -2.49. The Morgan fingerprint density at radius 3 is 2.82 bits per heavy atom. The van der Waals surface area contributed by atoms with E-state index in [0.717, 1.165) is 42.9 Å². The summed E-state index contributed by atoms with van der Waals surface area (Å²) < 4.78 is 0.686. The first-order valence-electron chi connectivity index (χ1n) is 11.8. The molecule has 0 radical (unpaired) electrons. The number of nitrogens with one attached hydrogen (secondary N) is 2. The number of unbranched alkanes of at least 4 members (excludes halogenated alkanes) is 1. The van der Waals surface area contributed by atoms with E-state index < -0.39 is 5.97 Å². The molecule has 2 atom stereocenters. The summed E-state index contributed by atoms with van der Waals surface area (Å²) in [7, 11) is 0. The molecule has 0 unspecified atom stereocenters. The van der Waals surface area contributed by atoms with Crippen molar-refractivity contribution in [2.24, 2.45) is 4.99 Å². The van der Waals surface area contributed by atoms with Crippen LogP contribution in [0, 0.1) is 0 Å². The Morgan fingerprint density at radius 1 is 1.29 bits per heavy atom. The Balaban J connectivity index is 1.48. The maximum atomic E-state index is 12.9. The lowest BCUT2D eigenvalue weighted by atomic mass is 9.98. The van der Waals surface area contributed by atoms with E-state index in [1.54, 1.807) is 12.1 Å². The molecule has 1 amide bonds. The number of hydrogen-bond acceptors (Lipinski definition) is 7. The highest BCUT2D eigenvalue weighted by Crippen LogP contribution is 2.33. The third-order valence-electron chi connectivity index (χ3n) is 6.37. The first kappa shape index (κ1) is 24.6. The van der Waals surface area contributed by atoms with E-state index in [-0.39, 0.29) is 23.6 Å². The lowest BCUT2D eigenvalue weighted by Gasteiger charge is -2.39. The number of allylic oxidation sites excluding steroid dienone is 1. The van der Waals surface area contributed by atoms with Crippen molar-refractivity contribution in [2.75, 3.05) is 24.5 Å². The molecule has 1 aromatic carbocycles. The normalized spacial score (nSPS) is 20.7. The minimum absolute atomic E-state index is 0.0336. The van der Waals surface area contributed by atoms with Crippen molar-refractivity contribution in [3.8, 4) is 0 Å². The number of rotatable bonds is 9. The van der Waals surface area contributed by atoms with Gasteiger partial charge in [0.05, 0.1) is 15.8 Å². The largest absolute Gasteiger partial charge is 0.478 e. The quantitative estimate of drug-likeness (QED) is 0.350. The molecule has 3 heterocycles. The third-order valence-corrected chi connectivity index (χ3v) is 7.88. The number of benzene rings is 1. The Morgan fingerprint density at radius 2 is 2.12 bits per heavy atom. The molecule has 1 aromatic heterocycles. The van der Waals surface area contributed by atoms with Gasteiger partial charge in [-0.2, -0.15) is 0 Å². The minimum Gasteiger partial charge on any atom is -0.478 e. The number of carboxylic acids is 1. The molecule has 0 spiro atoms. The lowest BCUT2D eigenvalue weighted by molar-refractivity contribution is -0.115. The molecule has 34 heavy (non-hydrogen) atoms. The number of nitrogens with zero attached hydrogens (tertiary/aromatic N) is 3. The smallest absolute Gasteiger partial charge is 0.337 e. The van der Waals surface area contributed by atoms with Gasteiger partial charge in [-0.1, -0.05) is 49.3 Å². The van der Waals surface area contributed by atoms with Gasteiger partial charge >= 0.3 is 5.97 Å². The van der Waals surface area contributed by atoms with E-state index in [2.05, 4.69) is 27.4 Å². The van der Waals surface area contributed by atoms with Crippen LogP contribution >= 0.6 is 22.9 Å². The molecule has 2 aliphatic heterocycles. The number of piperidine rings is 1. The molecule has 1 fully saturated rings. The maximum absolute atomic E-state index is 12.9. The predicted molar refractivity (Wildman–Crippen MR) is 137 cm³/mol. The van der Waals surface area contributed by atoms with Gasteiger partial charge in [0.1, 0.15) is 10.9 Å². The molecule has 0 bridgehead atoms. The van der Waals surface area contributed by atoms with Crippen LogP contribution in [-0.2, 0) is 4.79 Å². The van der Waals surface area contributed by atoms with Gasteiger partial charge in [-0.3, -0.25) is 4.79 Å². The zero-order valence-corrected chi connectivity index (χ0v) is 21.0. The van der Waals surface area contributed by atoms with Gasteiger partial charge in [0, 0.05) is 31.6 Å². The van der Waals surface area contributed by atoms with E-state index in [9.17, 15) is 14.7 Å². The zero-order chi connectivity index (χ0) is 24.2. The van der Waals surface area contributed by atoms with E-state index in [1.807, 2.05) is 13.0 Å². The Kier molecular flexibility index (Phi) is 7.85. The molecular weight excluding hydrogens is 474 g/mol. The molecule has 8 nitrogen and oxygen atoms in total. The number of hydrogen-bond donors (Lipinski definition) is 3. The summed E-state index contributed by atoms with van der Waals surface area (Å²) in [5, 5.41) is 17.6. The van der Waals surface area contributed by atoms with Crippen LogP contribution in [0.2, 0.25) is 0 Å². The van der Waals surface area contributed by atoms with Crippen LogP contribution in [0.1, 0.15) is 56.3 Å². The van der Waals surface area contributed by atoms with Crippen molar-refractivity contribution in [1.82, 2.24) is 15.6 Å². The number of carboxylic acid groups (broad SMARTS) is 1. The number of halogens is 1. The fourth-order valence-corrected chi connectivity index (χ4v) is 5.78. The number of carbonyl (C=O) groups is 2. The summed E-state index contributed by atoms with van der Waals surface area (Å²) in [6, 6.07) is 5.17.